The Bertz CT molecular complexity index is 433. The molecule has 1 saturated carbocycles. The van der Waals surface area contributed by atoms with E-state index in [1.165, 1.54) is 6.20 Å². The van der Waals surface area contributed by atoms with Crippen LogP contribution in [0.1, 0.15) is 18.5 Å². The van der Waals surface area contributed by atoms with Crippen LogP contribution in [0.3, 0.4) is 0 Å². The van der Waals surface area contributed by atoms with E-state index < -0.39 is 18.0 Å². The van der Waals surface area contributed by atoms with E-state index in [-0.39, 0.29) is 12.5 Å². The average Bonchev–Trinajstić information content (AvgIpc) is 3.18. The van der Waals surface area contributed by atoms with Crippen molar-refractivity contribution in [3.8, 4) is 0 Å². The standard InChI is InChI=1S/C11H14N4O3/c16-10(17)9(7-3-4-7)14-11(18)12-6-8-2-1-5-13-15-8/h1-2,5,7,9H,3-4,6H2,(H,16,17)(H2,12,14,18). The molecule has 2 rings (SSSR count). The Balaban J connectivity index is 1.79. The van der Waals surface area contributed by atoms with Crippen molar-refractivity contribution in [2.75, 3.05) is 0 Å². The molecule has 1 aromatic heterocycles. The maximum Gasteiger partial charge on any atom is 0.326 e. The maximum absolute atomic E-state index is 11.5. The van der Waals surface area contributed by atoms with Gasteiger partial charge in [-0.2, -0.15) is 10.2 Å². The summed E-state index contributed by atoms with van der Waals surface area (Å²) in [4.78, 5) is 22.5. The predicted octanol–water partition coefficient (Wildman–Crippen LogP) is 0.139. The van der Waals surface area contributed by atoms with E-state index in [0.29, 0.717) is 5.69 Å². The summed E-state index contributed by atoms with van der Waals surface area (Å²) in [7, 11) is 0. The molecule has 1 aliphatic carbocycles. The molecule has 1 fully saturated rings. The van der Waals surface area contributed by atoms with Crippen molar-refractivity contribution in [1.29, 1.82) is 0 Å². The van der Waals surface area contributed by atoms with Crippen LogP contribution in [0.4, 0.5) is 4.79 Å². The number of carboxylic acid groups (broad SMARTS) is 1. The Hall–Kier alpha value is -2.18. The first-order valence-corrected chi connectivity index (χ1v) is 5.70. The summed E-state index contributed by atoms with van der Waals surface area (Å²) < 4.78 is 0. The molecule has 7 nitrogen and oxygen atoms in total. The molecule has 1 heterocycles. The number of carbonyl (C=O) groups excluding carboxylic acids is 1. The molecule has 1 atom stereocenters. The van der Waals surface area contributed by atoms with Crippen LogP contribution in [0.2, 0.25) is 0 Å². The van der Waals surface area contributed by atoms with Crippen molar-refractivity contribution < 1.29 is 14.7 Å². The lowest BCUT2D eigenvalue weighted by Crippen LogP contribution is -2.47. The van der Waals surface area contributed by atoms with E-state index in [9.17, 15) is 9.59 Å². The average molecular weight is 250 g/mol. The maximum atomic E-state index is 11.5. The lowest BCUT2D eigenvalue weighted by molar-refractivity contribution is -0.139. The van der Waals surface area contributed by atoms with Crippen LogP contribution in [0, 0.1) is 5.92 Å². The second-order valence-electron chi connectivity index (χ2n) is 4.20. The molecule has 0 saturated heterocycles. The molecule has 0 aromatic carbocycles. The monoisotopic (exact) mass is 250 g/mol. The van der Waals surface area contributed by atoms with Crippen molar-refractivity contribution in [3.63, 3.8) is 0 Å². The minimum atomic E-state index is -0.993. The highest BCUT2D eigenvalue weighted by Crippen LogP contribution is 2.32. The van der Waals surface area contributed by atoms with E-state index >= 15 is 0 Å². The molecule has 0 aliphatic heterocycles. The smallest absolute Gasteiger partial charge is 0.326 e. The van der Waals surface area contributed by atoms with E-state index in [2.05, 4.69) is 20.8 Å². The number of nitrogens with one attached hydrogen (secondary N) is 2. The van der Waals surface area contributed by atoms with Gasteiger partial charge in [0.25, 0.3) is 0 Å². The second-order valence-corrected chi connectivity index (χ2v) is 4.20. The SMILES string of the molecule is O=C(NCc1cccnn1)NC(C(=O)O)C1CC1. The van der Waals surface area contributed by atoms with Crippen LogP contribution >= 0.6 is 0 Å². The van der Waals surface area contributed by atoms with Crippen molar-refractivity contribution >= 4 is 12.0 Å². The third-order valence-electron chi connectivity index (χ3n) is 2.70. The Morgan fingerprint density at radius 3 is 2.83 bits per heavy atom. The highest BCUT2D eigenvalue weighted by atomic mass is 16.4. The van der Waals surface area contributed by atoms with Gasteiger partial charge in [-0.15, -0.1) is 0 Å². The molecule has 3 N–H and O–H groups in total. The lowest BCUT2D eigenvalue weighted by atomic mass is 10.2. The summed E-state index contributed by atoms with van der Waals surface area (Å²) >= 11 is 0. The summed E-state index contributed by atoms with van der Waals surface area (Å²) in [5, 5.41) is 21.4. The number of nitrogens with zero attached hydrogens (tertiary/aromatic N) is 2. The Kier molecular flexibility index (Phi) is 3.71. The van der Waals surface area contributed by atoms with E-state index in [0.717, 1.165) is 12.8 Å². The van der Waals surface area contributed by atoms with Gasteiger partial charge in [-0.25, -0.2) is 9.59 Å². The molecule has 1 unspecified atom stereocenters. The Labute approximate surface area is 104 Å². The Morgan fingerprint density at radius 1 is 1.50 bits per heavy atom. The van der Waals surface area contributed by atoms with Gasteiger partial charge in [-0.05, 0) is 30.9 Å². The molecule has 18 heavy (non-hydrogen) atoms. The third kappa shape index (κ3) is 3.41. The molecule has 2 amide bonds. The fourth-order valence-electron chi connectivity index (χ4n) is 1.60. The van der Waals surface area contributed by atoms with Crippen LogP contribution < -0.4 is 10.6 Å². The first-order chi connectivity index (χ1) is 8.66. The van der Waals surface area contributed by atoms with Crippen LogP contribution in [0.15, 0.2) is 18.3 Å². The highest BCUT2D eigenvalue weighted by Gasteiger charge is 2.37. The van der Waals surface area contributed by atoms with Crippen LogP contribution in [0.5, 0.6) is 0 Å². The van der Waals surface area contributed by atoms with E-state index in [1.807, 2.05) is 0 Å². The first-order valence-electron chi connectivity index (χ1n) is 5.70. The molecule has 0 spiro atoms. The molecular formula is C11H14N4O3. The van der Waals surface area contributed by atoms with Gasteiger partial charge in [0.15, 0.2) is 0 Å². The van der Waals surface area contributed by atoms with E-state index in [1.54, 1.807) is 12.1 Å². The van der Waals surface area contributed by atoms with Crippen molar-refractivity contribution in [2.45, 2.75) is 25.4 Å². The van der Waals surface area contributed by atoms with Crippen molar-refractivity contribution in [1.82, 2.24) is 20.8 Å². The minimum absolute atomic E-state index is 0.0600. The van der Waals surface area contributed by atoms with Crippen LogP contribution in [-0.4, -0.2) is 33.3 Å². The minimum Gasteiger partial charge on any atom is -0.480 e. The number of carbonyl (C=O) groups is 2. The number of amides is 2. The lowest BCUT2D eigenvalue weighted by Gasteiger charge is -2.13. The molecule has 7 heteroatoms. The molecule has 96 valence electrons. The van der Waals surface area contributed by atoms with Gasteiger partial charge < -0.3 is 15.7 Å². The number of hydrogen-bond acceptors (Lipinski definition) is 4. The van der Waals surface area contributed by atoms with Crippen LogP contribution in [0.25, 0.3) is 0 Å². The normalized spacial score (nSPS) is 15.8. The fraction of sp³-hybridized carbons (Fsp3) is 0.455. The predicted molar refractivity (Wildman–Crippen MR) is 61.6 cm³/mol. The molecule has 0 radical (unpaired) electrons. The van der Waals surface area contributed by atoms with Crippen molar-refractivity contribution in [2.24, 2.45) is 5.92 Å². The Morgan fingerprint density at radius 2 is 2.28 bits per heavy atom. The second kappa shape index (κ2) is 5.44. The van der Waals surface area contributed by atoms with Gasteiger partial charge >= 0.3 is 12.0 Å². The highest BCUT2D eigenvalue weighted by molar-refractivity contribution is 5.83. The quantitative estimate of drug-likeness (QED) is 0.689. The molecule has 0 bridgehead atoms. The van der Waals surface area contributed by atoms with Crippen molar-refractivity contribution in [3.05, 3.63) is 24.0 Å². The summed E-state index contributed by atoms with van der Waals surface area (Å²) in [6, 6.07) is 2.14. The number of carboxylic acids is 1. The van der Waals surface area contributed by atoms with Gasteiger partial charge in [-0.3, -0.25) is 0 Å². The summed E-state index contributed by atoms with van der Waals surface area (Å²) in [6.07, 6.45) is 3.24. The zero-order valence-electron chi connectivity index (χ0n) is 9.67. The molecule has 1 aromatic rings. The third-order valence-corrected chi connectivity index (χ3v) is 2.70. The zero-order valence-corrected chi connectivity index (χ0v) is 9.67. The number of aromatic nitrogens is 2. The summed E-state index contributed by atoms with van der Waals surface area (Å²) in [5.41, 5.74) is 0.617. The van der Waals surface area contributed by atoms with Gasteiger partial charge in [0.1, 0.15) is 6.04 Å². The van der Waals surface area contributed by atoms with Gasteiger partial charge in [0.2, 0.25) is 0 Å². The summed E-state index contributed by atoms with van der Waals surface area (Å²) in [5.74, 6) is -0.933. The van der Waals surface area contributed by atoms with Gasteiger partial charge in [0.05, 0.1) is 12.2 Å². The van der Waals surface area contributed by atoms with Gasteiger partial charge in [0, 0.05) is 6.20 Å². The van der Waals surface area contributed by atoms with E-state index in [4.69, 9.17) is 5.11 Å². The zero-order chi connectivity index (χ0) is 13.0. The molecule has 1 aliphatic rings. The first kappa shape index (κ1) is 12.3. The van der Waals surface area contributed by atoms with Gasteiger partial charge in [-0.1, -0.05) is 0 Å². The molecular weight excluding hydrogens is 236 g/mol. The topological polar surface area (TPSA) is 104 Å². The fourth-order valence-corrected chi connectivity index (χ4v) is 1.60. The number of rotatable bonds is 5. The summed E-state index contributed by atoms with van der Waals surface area (Å²) in [6.45, 7) is 0.219. The number of urea groups is 1. The van der Waals surface area contributed by atoms with Crippen LogP contribution in [-0.2, 0) is 11.3 Å². The largest absolute Gasteiger partial charge is 0.480 e. The number of hydrogen-bond donors (Lipinski definition) is 3. The number of aliphatic carboxylic acids is 1.